The summed E-state index contributed by atoms with van der Waals surface area (Å²) in [5, 5.41) is 49.4. The van der Waals surface area contributed by atoms with Gasteiger partial charge in [-0.1, -0.05) is 20.8 Å². The molecule has 0 radical (unpaired) electrons. The predicted octanol–water partition coefficient (Wildman–Crippen LogP) is 3.75. The summed E-state index contributed by atoms with van der Waals surface area (Å²) in [5.74, 6) is -6.19. The third-order valence-electron chi connectivity index (χ3n) is 17.0. The summed E-state index contributed by atoms with van der Waals surface area (Å²) in [6, 6.07) is 3.80. The van der Waals surface area contributed by atoms with Crippen molar-refractivity contribution in [3.63, 3.8) is 0 Å². The first-order valence-corrected chi connectivity index (χ1v) is 28.0. The molecule has 2 aromatic rings. The van der Waals surface area contributed by atoms with Crippen molar-refractivity contribution in [1.82, 2.24) is 20.2 Å². The lowest BCUT2D eigenvalue weighted by atomic mass is 9.74. The second-order valence-corrected chi connectivity index (χ2v) is 24.1. The monoisotopic (exact) mass is 1210 g/mol. The number of ether oxygens (including phenoxy) is 8. The van der Waals surface area contributed by atoms with Crippen molar-refractivity contribution in [3.8, 4) is 11.1 Å². The quantitative estimate of drug-likeness (QED) is 0.0892. The molecular formula is C54H80FIN6O16. The molecule has 22 nitrogen and oxygen atoms in total. The number of aliphatic hydroxyl groups excluding tert-OH is 3. The average Bonchev–Trinajstić information content (AvgIpc) is 4.08. The number of Topliss-reactive ketones (excluding diaryl/α,β-unsaturated/α-hetero) is 1. The first-order valence-electron chi connectivity index (χ1n) is 26.7. The van der Waals surface area contributed by atoms with Crippen molar-refractivity contribution >= 4 is 58.0 Å². The molecule has 7 N–H and O–H groups in total. The molecule has 5 aliphatic rings. The average molecular weight is 1220 g/mol. The van der Waals surface area contributed by atoms with Crippen molar-refractivity contribution < 1.29 is 81.9 Å². The van der Waals surface area contributed by atoms with Gasteiger partial charge in [-0.15, -0.1) is 0 Å². The summed E-state index contributed by atoms with van der Waals surface area (Å²) in [5.41, 5.74) is 1.97. The number of nitrogens with two attached hydrogens (primary N) is 1. The number of hydrogen-bond donors (Lipinski definition) is 6. The van der Waals surface area contributed by atoms with Gasteiger partial charge in [-0.2, -0.15) is 0 Å². The zero-order chi connectivity index (χ0) is 57.5. The molecule has 24 heteroatoms. The molecule has 1 aliphatic carbocycles. The molecule has 5 fully saturated rings. The number of hydrogen-bond acceptors (Lipinski definition) is 20. The summed E-state index contributed by atoms with van der Waals surface area (Å²) in [6.07, 6.45) is -7.15. The highest BCUT2D eigenvalue weighted by atomic mass is 127. The van der Waals surface area contributed by atoms with Gasteiger partial charge in [0, 0.05) is 80.4 Å². The van der Waals surface area contributed by atoms with Crippen LogP contribution in [0, 0.1) is 41.3 Å². The first kappa shape index (κ1) is 61.8. The van der Waals surface area contributed by atoms with E-state index in [1.807, 2.05) is 18.9 Å². The Bertz CT molecular complexity index is 2450. The van der Waals surface area contributed by atoms with Gasteiger partial charge < -0.3 is 74.3 Å². The van der Waals surface area contributed by atoms with Crippen LogP contribution in [0.15, 0.2) is 30.6 Å². The maximum absolute atomic E-state index is 15.2. The Balaban J connectivity index is 1.05. The smallest absolute Gasteiger partial charge is 0.414 e. The van der Waals surface area contributed by atoms with Gasteiger partial charge >= 0.3 is 12.1 Å². The Morgan fingerprint density at radius 2 is 1.60 bits per heavy atom. The lowest BCUT2D eigenvalue weighted by Crippen LogP contribution is -2.61. The molecule has 1 aromatic carbocycles. The fourth-order valence-electron chi connectivity index (χ4n) is 11.8. The number of benzene rings is 1. The van der Waals surface area contributed by atoms with Gasteiger partial charge in [0.05, 0.1) is 66.4 Å². The Hall–Kier alpha value is -3.80. The molecule has 0 bridgehead atoms. The molecule has 0 unspecified atom stereocenters. The predicted molar refractivity (Wildman–Crippen MR) is 288 cm³/mol. The zero-order valence-electron chi connectivity index (χ0n) is 46.5. The van der Waals surface area contributed by atoms with E-state index in [4.69, 9.17) is 43.6 Å². The van der Waals surface area contributed by atoms with Gasteiger partial charge in [0.2, 0.25) is 11.9 Å². The van der Waals surface area contributed by atoms with Gasteiger partial charge in [0.15, 0.2) is 16.7 Å². The Morgan fingerprint density at radius 1 is 0.936 bits per heavy atom. The van der Waals surface area contributed by atoms with E-state index >= 15 is 4.39 Å². The molecule has 4 aliphatic heterocycles. The summed E-state index contributed by atoms with van der Waals surface area (Å²) in [7, 11) is 4.80. The number of likely N-dealkylation sites (N-methyl/N-ethyl adjacent to an activating group) is 1. The molecule has 7 rings (SSSR count). The number of ketones is 1. The van der Waals surface area contributed by atoms with Gasteiger partial charge in [0.1, 0.15) is 35.5 Å². The van der Waals surface area contributed by atoms with Crippen molar-refractivity contribution in [2.24, 2.45) is 35.5 Å². The number of nitrogens with zero attached hydrogens (tertiary/aromatic N) is 4. The lowest BCUT2D eigenvalue weighted by Gasteiger charge is -2.50. The second-order valence-electron chi connectivity index (χ2n) is 23.0. The highest BCUT2D eigenvalue weighted by molar-refractivity contribution is 14.1. The number of rotatable bonds is 14. The third kappa shape index (κ3) is 13.3. The molecule has 5 heterocycles. The number of aromatic nitrogens is 2. The fraction of sp³-hybridized carbons (Fsp3) is 0.741. The summed E-state index contributed by atoms with van der Waals surface area (Å²) in [4.78, 5) is 66.1. The van der Waals surface area contributed by atoms with Crippen LogP contribution in [0.2, 0.25) is 0 Å². The number of nitrogens with one attached hydrogen (secondary N) is 1. The highest BCUT2D eigenvalue weighted by Gasteiger charge is 2.55. The number of alkyl halides is 1. The number of anilines is 2. The molecule has 1 saturated carbocycles. The number of amides is 2. The van der Waals surface area contributed by atoms with Gasteiger partial charge in [-0.05, 0) is 115 Å². The van der Waals surface area contributed by atoms with Crippen LogP contribution in [0.1, 0.15) is 88.0 Å². The number of nitrogen functional groups attached to an aromatic ring is 1. The zero-order valence-corrected chi connectivity index (χ0v) is 48.7. The third-order valence-corrected chi connectivity index (χ3v) is 18.5. The van der Waals surface area contributed by atoms with Crippen LogP contribution in [0.25, 0.3) is 11.1 Å². The van der Waals surface area contributed by atoms with Crippen LogP contribution in [0.4, 0.5) is 20.8 Å². The molecule has 4 saturated heterocycles. The van der Waals surface area contributed by atoms with Crippen LogP contribution < -0.4 is 16.0 Å². The Kier molecular flexibility index (Phi) is 19.6. The number of cyclic esters (lactones) is 2. The number of carbonyl (C=O) groups is 4. The van der Waals surface area contributed by atoms with E-state index in [0.717, 1.165) is 0 Å². The standard InChI is InChI=1S/C54H80FIN6O16/c1-25-18-53(8,72-12)45(28(4)42(76-39-19-52(7,71-11)44(66)30(6)74-39)29(5)47(68)78-49(56)54(9,70)43(65)27(3)40(25)63)77-48-41(64)38(15-26(2)73-48)61(10)23-31-16-36(31)46(67)58-22-34-24-62(51(69)75-34)33-13-14-35(37(55)17-33)32-20-59-50(57)60-21-32/h13-14,17,20-21,25-31,34,36,38-39,41-45,48-49,64-66,70H,15-16,18-19,22-24H2,1-12H3,(H,58,67)(H2,57,59,60)/t25-,26-,27+,28+,29-,30+,31+,34+,36-,38+,39+,41-,42+,43-,44+,45-,48+,49+,52-,53-,54+/m1/s1. The van der Waals surface area contributed by atoms with E-state index in [1.54, 1.807) is 70.2 Å². The van der Waals surface area contributed by atoms with E-state index in [1.165, 1.54) is 57.5 Å². The first-order chi connectivity index (χ1) is 36.5. The summed E-state index contributed by atoms with van der Waals surface area (Å²) < 4.78 is 63.9. The number of methoxy groups -OCH3 is 2. The maximum Gasteiger partial charge on any atom is 0.414 e. The number of esters is 1. The minimum Gasteiger partial charge on any atom is -0.448 e. The Morgan fingerprint density at radius 3 is 2.24 bits per heavy atom. The van der Waals surface area contributed by atoms with Crippen molar-refractivity contribution in [2.75, 3.05) is 51.5 Å². The molecule has 436 valence electrons. The van der Waals surface area contributed by atoms with Crippen molar-refractivity contribution in [1.29, 1.82) is 0 Å². The minimum atomic E-state index is -2.05. The van der Waals surface area contributed by atoms with Crippen molar-refractivity contribution in [3.05, 3.63) is 36.4 Å². The van der Waals surface area contributed by atoms with Crippen molar-refractivity contribution in [2.45, 2.75) is 176 Å². The van der Waals surface area contributed by atoms with Crippen LogP contribution in [0.3, 0.4) is 0 Å². The molecule has 1 aromatic heterocycles. The van der Waals surface area contributed by atoms with Crippen LogP contribution >= 0.6 is 22.6 Å². The van der Waals surface area contributed by atoms with E-state index in [0.29, 0.717) is 24.9 Å². The van der Waals surface area contributed by atoms with Crippen LogP contribution in [-0.4, -0.2) is 188 Å². The van der Waals surface area contributed by atoms with E-state index < -0.39 is 130 Å². The summed E-state index contributed by atoms with van der Waals surface area (Å²) in [6.45, 7) is 15.5. The summed E-state index contributed by atoms with van der Waals surface area (Å²) >= 11 is 1.73. The second kappa shape index (κ2) is 24.7. The van der Waals surface area contributed by atoms with E-state index in [9.17, 15) is 39.6 Å². The molecule has 2 amide bonds. The number of aliphatic hydroxyl groups is 4. The maximum atomic E-state index is 15.2. The van der Waals surface area contributed by atoms with Gasteiger partial charge in [-0.3, -0.25) is 19.3 Å². The molecule has 0 spiro atoms. The highest BCUT2D eigenvalue weighted by Crippen LogP contribution is 2.44. The Labute approximate surface area is 469 Å². The van der Waals surface area contributed by atoms with Gasteiger partial charge in [-0.25, -0.2) is 19.2 Å². The SMILES string of the molecule is CO[C@]1(C)C[C@@H](C)C(=O)[C@H](C)[C@@H](O)[C@](C)(O)[C@@H](I)OC(=O)[C@H](C)[C@@H](O[C@H]2C[C@@](C)(OC)[C@@H](O)[C@H](C)O2)[C@H](C)[C@H]1O[C@@H]1O[C@H](C)C[C@H](N(C)C[C@@H]2C[C@H]2C(=O)NC[C@H]2CN(c3ccc(-c4cnc(N)nc4)c(F)c3)C(=O)O2)[C@H]1O. The molecular weight excluding hydrogens is 1130 g/mol. The normalized spacial score (nSPS) is 41.0. The lowest BCUT2D eigenvalue weighted by molar-refractivity contribution is -0.319. The minimum absolute atomic E-state index is 0.0190. The van der Waals surface area contributed by atoms with Gasteiger partial charge in [0.25, 0.3) is 0 Å². The molecule has 21 atom stereocenters. The van der Waals surface area contributed by atoms with E-state index in [2.05, 4.69) is 15.3 Å². The van der Waals surface area contributed by atoms with Crippen LogP contribution in [0.5, 0.6) is 0 Å². The topological polar surface area (TPSA) is 293 Å². The fourth-order valence-corrected chi connectivity index (χ4v) is 12.4. The number of halogens is 2. The van der Waals surface area contributed by atoms with Crippen LogP contribution in [-0.2, 0) is 52.3 Å². The van der Waals surface area contributed by atoms with E-state index in [-0.39, 0.29) is 66.7 Å². The largest absolute Gasteiger partial charge is 0.448 e. The number of carbonyl (C=O) groups excluding carboxylic acids is 4. The molecule has 78 heavy (non-hydrogen) atoms.